The second kappa shape index (κ2) is 19.2. The number of rotatable bonds is 17. The number of carboxylic acid groups (broad SMARTS) is 2. The molecule has 0 aliphatic rings. The number of benzene rings is 4. The molecular weight excluding hydrogens is 713 g/mol. The molecule has 0 unspecified atom stereocenters. The molecule has 0 fully saturated rings. The van der Waals surface area contributed by atoms with Gasteiger partial charge in [0.25, 0.3) is 0 Å². The molecule has 0 bridgehead atoms. The fourth-order valence-electron chi connectivity index (χ4n) is 4.70. The maximum atomic E-state index is 12.6. The monoisotopic (exact) mass is 750 g/mol. The first kappa shape index (κ1) is 39.3. The van der Waals surface area contributed by atoms with E-state index in [1.54, 1.807) is 0 Å². The van der Waals surface area contributed by atoms with E-state index in [-0.39, 0.29) is 24.7 Å². The number of aliphatic carboxylic acids is 2. The molecule has 6 N–H and O–H groups in total. The van der Waals surface area contributed by atoms with Crippen molar-refractivity contribution in [3.63, 3.8) is 0 Å². The third-order valence-electron chi connectivity index (χ3n) is 7.60. The Morgan fingerprint density at radius 3 is 1.29 bits per heavy atom. The Hall–Kier alpha value is -5.48. The third-order valence-corrected chi connectivity index (χ3v) is 10.0. The molecule has 0 aliphatic carbocycles. The number of carboxylic acids is 2. The number of ether oxygens (including phenoxy) is 2. The fraction of sp³-hybridized carbons (Fsp3) is 0.278. The summed E-state index contributed by atoms with van der Waals surface area (Å²) in [7, 11) is 1.93. The van der Waals surface area contributed by atoms with Gasteiger partial charge in [0.1, 0.15) is 37.4 Å². The van der Waals surface area contributed by atoms with Crippen LogP contribution in [-0.2, 0) is 41.9 Å². The predicted molar refractivity (Wildman–Crippen MR) is 198 cm³/mol. The van der Waals surface area contributed by atoms with Crippen LogP contribution in [0.5, 0.6) is 0 Å². The van der Waals surface area contributed by atoms with Crippen molar-refractivity contribution in [3.05, 3.63) is 96.1 Å². The molecule has 0 aliphatic heterocycles. The van der Waals surface area contributed by atoms with Gasteiger partial charge in [0, 0.05) is 11.5 Å². The van der Waals surface area contributed by atoms with Crippen molar-refractivity contribution in [2.24, 2.45) is 0 Å². The summed E-state index contributed by atoms with van der Waals surface area (Å²) in [4.78, 5) is 73.5. The van der Waals surface area contributed by atoms with Crippen molar-refractivity contribution < 1.29 is 48.5 Å². The van der Waals surface area contributed by atoms with Crippen molar-refractivity contribution in [1.29, 1.82) is 0 Å². The van der Waals surface area contributed by atoms with Crippen LogP contribution in [0.2, 0.25) is 0 Å². The van der Waals surface area contributed by atoms with E-state index in [0.29, 0.717) is 0 Å². The highest BCUT2D eigenvalue weighted by molar-refractivity contribution is 8.76. The van der Waals surface area contributed by atoms with E-state index >= 15 is 0 Å². The molecule has 52 heavy (non-hydrogen) atoms. The number of alkyl carbamates (subject to hydrolysis) is 2. The highest BCUT2D eigenvalue weighted by Crippen LogP contribution is 2.23. The lowest BCUT2D eigenvalue weighted by Gasteiger charge is -2.20. The van der Waals surface area contributed by atoms with Crippen LogP contribution in [0.1, 0.15) is 25.0 Å². The van der Waals surface area contributed by atoms with Gasteiger partial charge in [0.2, 0.25) is 11.8 Å². The van der Waals surface area contributed by atoms with Crippen LogP contribution < -0.4 is 21.3 Å². The average Bonchev–Trinajstić information content (AvgIpc) is 3.13. The Balaban J connectivity index is 1.15. The van der Waals surface area contributed by atoms with Gasteiger partial charge in [-0.15, -0.1) is 0 Å². The second-order valence-corrected chi connectivity index (χ2v) is 14.2. The van der Waals surface area contributed by atoms with Gasteiger partial charge in [-0.25, -0.2) is 19.2 Å². The minimum absolute atomic E-state index is 0.0386. The molecule has 0 heterocycles. The van der Waals surface area contributed by atoms with Crippen LogP contribution in [0.3, 0.4) is 0 Å². The third kappa shape index (κ3) is 12.1. The van der Waals surface area contributed by atoms with Gasteiger partial charge in [0.05, 0.1) is 0 Å². The smallest absolute Gasteiger partial charge is 0.408 e. The zero-order valence-corrected chi connectivity index (χ0v) is 29.8. The number of nitrogens with one attached hydrogen (secondary N) is 4. The first-order chi connectivity index (χ1) is 24.9. The molecule has 0 aromatic heterocycles. The highest BCUT2D eigenvalue weighted by atomic mass is 33.1. The lowest BCUT2D eigenvalue weighted by molar-refractivity contribution is -0.141. The molecule has 4 rings (SSSR count). The van der Waals surface area contributed by atoms with Crippen LogP contribution in [0.4, 0.5) is 9.59 Å². The highest BCUT2D eigenvalue weighted by Gasteiger charge is 2.27. The van der Waals surface area contributed by atoms with Gasteiger partial charge >= 0.3 is 24.1 Å². The van der Waals surface area contributed by atoms with E-state index in [2.05, 4.69) is 21.3 Å². The zero-order chi connectivity index (χ0) is 37.6. The first-order valence-electron chi connectivity index (χ1n) is 16.0. The normalized spacial score (nSPS) is 13.2. The molecule has 274 valence electrons. The van der Waals surface area contributed by atoms with Gasteiger partial charge in [-0.3, -0.25) is 9.59 Å². The number of amides is 4. The van der Waals surface area contributed by atoms with Crippen LogP contribution in [0.15, 0.2) is 84.9 Å². The van der Waals surface area contributed by atoms with Crippen molar-refractivity contribution in [3.8, 4) is 0 Å². The van der Waals surface area contributed by atoms with Crippen molar-refractivity contribution >= 4 is 79.1 Å². The van der Waals surface area contributed by atoms with E-state index in [9.17, 15) is 39.0 Å². The summed E-state index contributed by atoms with van der Waals surface area (Å²) >= 11 is 0. The summed E-state index contributed by atoms with van der Waals surface area (Å²) in [5.41, 5.74) is 1.49. The first-order valence-corrected chi connectivity index (χ1v) is 18.5. The molecule has 4 aromatic carbocycles. The molecule has 16 heteroatoms. The minimum atomic E-state index is -1.37. The molecule has 14 nitrogen and oxygen atoms in total. The number of fused-ring (bicyclic) bond motifs is 2. The van der Waals surface area contributed by atoms with Crippen LogP contribution >= 0.6 is 21.6 Å². The molecule has 4 amide bonds. The lowest BCUT2D eigenvalue weighted by atomic mass is 10.1. The van der Waals surface area contributed by atoms with Crippen LogP contribution in [-0.4, -0.2) is 81.8 Å². The van der Waals surface area contributed by atoms with Crippen LogP contribution in [0, 0.1) is 0 Å². The molecular formula is C36H38N4O10S2. The fourth-order valence-corrected chi connectivity index (χ4v) is 7.01. The number of hydrogen-bond acceptors (Lipinski definition) is 10. The topological polar surface area (TPSA) is 209 Å². The number of carbonyl (C=O) groups is 6. The molecule has 4 atom stereocenters. The van der Waals surface area contributed by atoms with Gasteiger partial charge in [-0.1, -0.05) is 94.4 Å². The van der Waals surface area contributed by atoms with Gasteiger partial charge in [-0.2, -0.15) is 0 Å². The van der Waals surface area contributed by atoms with E-state index in [0.717, 1.165) is 54.3 Å². The van der Waals surface area contributed by atoms with Gasteiger partial charge in [-0.05, 0) is 58.7 Å². The maximum Gasteiger partial charge on any atom is 0.408 e. The number of carbonyl (C=O) groups excluding carboxylic acids is 4. The molecule has 0 saturated heterocycles. The predicted octanol–water partition coefficient (Wildman–Crippen LogP) is 4.44. The second-order valence-electron chi connectivity index (χ2n) is 11.6. The van der Waals surface area contributed by atoms with E-state index in [1.807, 2.05) is 84.9 Å². The van der Waals surface area contributed by atoms with Gasteiger partial charge in [0.15, 0.2) is 0 Å². The SMILES string of the molecule is C[C@H](NC(=O)OCc1ccc2ccccc2c1)C(=O)N[C@@H](CSSC[C@H](NC(=O)[C@H](C)NC(=O)OCc1ccc2ccccc2c1)C(=O)O)C(=O)O. The Labute approximate surface area is 306 Å². The zero-order valence-electron chi connectivity index (χ0n) is 28.2. The van der Waals surface area contributed by atoms with E-state index in [4.69, 9.17) is 9.47 Å². The Bertz CT molecular complexity index is 1790. The Morgan fingerprint density at radius 1 is 0.558 bits per heavy atom. The van der Waals surface area contributed by atoms with Crippen molar-refractivity contribution in [1.82, 2.24) is 21.3 Å². The minimum Gasteiger partial charge on any atom is -0.480 e. The van der Waals surface area contributed by atoms with Crippen molar-refractivity contribution in [2.75, 3.05) is 11.5 Å². The summed E-state index contributed by atoms with van der Waals surface area (Å²) in [6.45, 7) is 2.66. The van der Waals surface area contributed by atoms with E-state index < -0.39 is 60.1 Å². The Kier molecular flexibility index (Phi) is 14.5. The summed E-state index contributed by atoms with van der Waals surface area (Å²) in [5, 5.41) is 32.7. The Morgan fingerprint density at radius 2 is 0.923 bits per heavy atom. The lowest BCUT2D eigenvalue weighted by Crippen LogP contribution is -2.51. The van der Waals surface area contributed by atoms with Crippen LogP contribution in [0.25, 0.3) is 21.5 Å². The molecule has 0 spiro atoms. The quantitative estimate of drug-likeness (QED) is 0.0654. The maximum absolute atomic E-state index is 12.6. The molecule has 4 aromatic rings. The summed E-state index contributed by atoms with van der Waals surface area (Å²) in [5.74, 6) is -4.55. The van der Waals surface area contributed by atoms with Crippen molar-refractivity contribution in [2.45, 2.75) is 51.2 Å². The average molecular weight is 751 g/mol. The summed E-state index contributed by atoms with van der Waals surface area (Å²) in [6, 6.07) is 21.6. The number of hydrogen-bond donors (Lipinski definition) is 6. The summed E-state index contributed by atoms with van der Waals surface area (Å²) < 4.78 is 10.4. The standard InChI is InChI=1S/C36H38N4O10S2/c1-21(37-35(47)49-17-23-11-13-25-7-3-5-9-27(25)15-23)31(41)39-29(33(43)44)19-51-52-20-30(34(45)46)40-32(42)22(2)38-36(48)50-18-24-12-14-26-8-4-6-10-28(26)16-24/h3-16,21-22,29-30H,17-20H2,1-2H3,(H,37,47)(H,38,48)(H,39,41)(H,40,42)(H,43,44)(H,45,46)/t21-,22-,29-,30-/m0/s1. The largest absolute Gasteiger partial charge is 0.480 e. The molecule has 0 radical (unpaired) electrons. The van der Waals surface area contributed by atoms with Gasteiger partial charge < -0.3 is 41.0 Å². The summed E-state index contributed by atoms with van der Waals surface area (Å²) in [6.07, 6.45) is -1.73. The molecule has 0 saturated carbocycles. The van der Waals surface area contributed by atoms with E-state index in [1.165, 1.54) is 13.8 Å².